The lowest BCUT2D eigenvalue weighted by atomic mass is 10.2. The summed E-state index contributed by atoms with van der Waals surface area (Å²) >= 11 is 0. The molecular formula is C15H19NO5. The lowest BCUT2D eigenvalue weighted by Gasteiger charge is -2.16. The van der Waals surface area contributed by atoms with Crippen molar-refractivity contribution in [2.24, 2.45) is 0 Å². The van der Waals surface area contributed by atoms with Crippen LogP contribution in [0.2, 0.25) is 0 Å². The van der Waals surface area contributed by atoms with E-state index in [9.17, 15) is 9.59 Å². The van der Waals surface area contributed by atoms with Crippen molar-refractivity contribution < 1.29 is 23.8 Å². The van der Waals surface area contributed by atoms with Crippen molar-refractivity contribution in [2.45, 2.75) is 31.6 Å². The van der Waals surface area contributed by atoms with E-state index in [1.165, 1.54) is 7.11 Å². The second kappa shape index (κ2) is 7.64. The van der Waals surface area contributed by atoms with E-state index in [0.29, 0.717) is 0 Å². The Morgan fingerprint density at radius 2 is 2.00 bits per heavy atom. The van der Waals surface area contributed by atoms with Crippen LogP contribution in [0.25, 0.3) is 0 Å². The standard InChI is InChI=1S/C15H19NO5/c1-19-14(17)13(10-20-12-7-8-12)16-15(18)21-9-11-5-3-2-4-6-11/h2-6,12-13H,7-10H2,1H3,(H,16,18)/t13-/m1/s1. The molecule has 2 rings (SSSR count). The third kappa shape index (κ3) is 5.43. The highest BCUT2D eigenvalue weighted by molar-refractivity contribution is 5.81. The summed E-state index contributed by atoms with van der Waals surface area (Å²) in [6, 6.07) is 8.45. The zero-order valence-corrected chi connectivity index (χ0v) is 11.9. The van der Waals surface area contributed by atoms with Gasteiger partial charge in [-0.05, 0) is 18.4 Å². The number of rotatable bonds is 7. The van der Waals surface area contributed by atoms with E-state index in [1.807, 2.05) is 30.3 Å². The molecule has 0 bridgehead atoms. The number of hydrogen-bond donors (Lipinski definition) is 1. The van der Waals surface area contributed by atoms with Gasteiger partial charge in [-0.3, -0.25) is 0 Å². The predicted molar refractivity (Wildman–Crippen MR) is 74.5 cm³/mol. The monoisotopic (exact) mass is 293 g/mol. The van der Waals surface area contributed by atoms with Gasteiger partial charge in [0.2, 0.25) is 0 Å². The molecule has 6 heteroatoms. The van der Waals surface area contributed by atoms with E-state index in [0.717, 1.165) is 18.4 Å². The Morgan fingerprint density at radius 3 is 2.62 bits per heavy atom. The maximum atomic E-state index is 11.7. The molecule has 1 aromatic rings. The molecule has 1 saturated carbocycles. The van der Waals surface area contributed by atoms with Crippen molar-refractivity contribution in [1.82, 2.24) is 5.32 Å². The quantitative estimate of drug-likeness (QED) is 0.774. The van der Waals surface area contributed by atoms with E-state index in [4.69, 9.17) is 9.47 Å². The lowest BCUT2D eigenvalue weighted by Crippen LogP contribution is -2.45. The highest BCUT2D eigenvalue weighted by Crippen LogP contribution is 2.23. The zero-order valence-electron chi connectivity index (χ0n) is 11.9. The summed E-state index contributed by atoms with van der Waals surface area (Å²) in [5.74, 6) is -0.549. The van der Waals surface area contributed by atoms with Gasteiger partial charge in [0.05, 0.1) is 19.8 Å². The van der Waals surface area contributed by atoms with Gasteiger partial charge in [-0.1, -0.05) is 30.3 Å². The molecule has 6 nitrogen and oxygen atoms in total. The summed E-state index contributed by atoms with van der Waals surface area (Å²) in [5, 5.41) is 2.46. The van der Waals surface area contributed by atoms with E-state index >= 15 is 0 Å². The lowest BCUT2D eigenvalue weighted by molar-refractivity contribution is -0.144. The smallest absolute Gasteiger partial charge is 0.408 e. The maximum Gasteiger partial charge on any atom is 0.408 e. The number of hydrogen-bond acceptors (Lipinski definition) is 5. The van der Waals surface area contributed by atoms with Gasteiger partial charge in [0.25, 0.3) is 0 Å². The van der Waals surface area contributed by atoms with Crippen LogP contribution in [0, 0.1) is 0 Å². The van der Waals surface area contributed by atoms with E-state index in [1.54, 1.807) is 0 Å². The number of methoxy groups -OCH3 is 1. The SMILES string of the molecule is COC(=O)[C@@H](COC1CC1)NC(=O)OCc1ccccc1. The third-order valence-corrected chi connectivity index (χ3v) is 3.01. The van der Waals surface area contributed by atoms with Gasteiger partial charge in [-0.25, -0.2) is 9.59 Å². The van der Waals surface area contributed by atoms with Crippen LogP contribution in [-0.2, 0) is 25.6 Å². The van der Waals surface area contributed by atoms with Crippen molar-refractivity contribution in [3.05, 3.63) is 35.9 Å². The summed E-state index contributed by atoms with van der Waals surface area (Å²) in [4.78, 5) is 23.3. The van der Waals surface area contributed by atoms with Crippen LogP contribution in [-0.4, -0.2) is 37.9 Å². The number of carbonyl (C=O) groups excluding carboxylic acids is 2. The minimum atomic E-state index is -0.848. The summed E-state index contributed by atoms with van der Waals surface area (Å²) in [6.07, 6.45) is 1.51. The Kier molecular flexibility index (Phi) is 5.57. The molecule has 0 radical (unpaired) electrons. The molecular weight excluding hydrogens is 274 g/mol. The third-order valence-electron chi connectivity index (χ3n) is 3.01. The van der Waals surface area contributed by atoms with Crippen LogP contribution in [0.5, 0.6) is 0 Å². The molecule has 1 N–H and O–H groups in total. The Bertz CT molecular complexity index is 472. The molecule has 21 heavy (non-hydrogen) atoms. The number of nitrogens with one attached hydrogen (secondary N) is 1. The number of esters is 1. The predicted octanol–water partition coefficient (Wildman–Crippen LogP) is 1.63. The van der Waals surface area contributed by atoms with Gasteiger partial charge >= 0.3 is 12.1 Å². The van der Waals surface area contributed by atoms with E-state index < -0.39 is 18.1 Å². The highest BCUT2D eigenvalue weighted by atomic mass is 16.6. The summed E-state index contributed by atoms with van der Waals surface area (Å²) in [7, 11) is 1.27. The van der Waals surface area contributed by atoms with Crippen LogP contribution < -0.4 is 5.32 Å². The fourth-order valence-corrected chi connectivity index (χ4v) is 1.68. The molecule has 0 spiro atoms. The summed E-state index contributed by atoms with van der Waals surface area (Å²) in [6.45, 7) is 0.238. The maximum absolute atomic E-state index is 11.7. The van der Waals surface area contributed by atoms with Gasteiger partial charge in [0, 0.05) is 0 Å². The van der Waals surface area contributed by atoms with Gasteiger partial charge in [0.1, 0.15) is 6.61 Å². The largest absolute Gasteiger partial charge is 0.467 e. The van der Waals surface area contributed by atoms with Crippen LogP contribution >= 0.6 is 0 Å². The Hall–Kier alpha value is -2.08. The van der Waals surface area contributed by atoms with Crippen molar-refractivity contribution in [3.8, 4) is 0 Å². The summed E-state index contributed by atoms with van der Waals surface area (Å²) in [5.41, 5.74) is 0.872. The van der Waals surface area contributed by atoms with E-state index in [2.05, 4.69) is 10.1 Å². The van der Waals surface area contributed by atoms with Gasteiger partial charge in [-0.15, -0.1) is 0 Å². The zero-order chi connectivity index (χ0) is 15.1. The van der Waals surface area contributed by atoms with Crippen molar-refractivity contribution in [3.63, 3.8) is 0 Å². The number of ether oxygens (including phenoxy) is 3. The number of carbonyl (C=O) groups is 2. The fourth-order valence-electron chi connectivity index (χ4n) is 1.68. The van der Waals surface area contributed by atoms with Crippen LogP contribution in [0.15, 0.2) is 30.3 Å². The molecule has 1 fully saturated rings. The topological polar surface area (TPSA) is 73.9 Å². The van der Waals surface area contributed by atoms with Gasteiger partial charge in [0.15, 0.2) is 6.04 Å². The highest BCUT2D eigenvalue weighted by Gasteiger charge is 2.28. The van der Waals surface area contributed by atoms with Gasteiger partial charge in [-0.2, -0.15) is 0 Å². The second-order valence-electron chi connectivity index (χ2n) is 4.81. The molecule has 1 amide bonds. The molecule has 114 valence electrons. The van der Waals surface area contributed by atoms with Crippen molar-refractivity contribution in [1.29, 1.82) is 0 Å². The molecule has 1 aliphatic carbocycles. The van der Waals surface area contributed by atoms with Crippen LogP contribution in [0.1, 0.15) is 18.4 Å². The molecule has 0 unspecified atom stereocenters. The number of alkyl carbamates (subject to hydrolysis) is 1. The number of benzene rings is 1. The minimum Gasteiger partial charge on any atom is -0.467 e. The molecule has 1 aromatic carbocycles. The van der Waals surface area contributed by atoms with Crippen LogP contribution in [0.3, 0.4) is 0 Å². The van der Waals surface area contributed by atoms with Crippen molar-refractivity contribution >= 4 is 12.1 Å². The average Bonchev–Trinajstić information content (AvgIpc) is 3.34. The first kappa shape index (κ1) is 15.3. The molecule has 1 atom stereocenters. The molecule has 0 heterocycles. The number of amides is 1. The minimum absolute atomic E-state index is 0.0950. The average molecular weight is 293 g/mol. The van der Waals surface area contributed by atoms with E-state index in [-0.39, 0.29) is 19.3 Å². The molecule has 0 aromatic heterocycles. The first-order chi connectivity index (χ1) is 10.2. The second-order valence-corrected chi connectivity index (χ2v) is 4.81. The van der Waals surface area contributed by atoms with Gasteiger partial charge < -0.3 is 19.5 Å². The Balaban J connectivity index is 1.77. The van der Waals surface area contributed by atoms with Crippen LogP contribution in [0.4, 0.5) is 4.79 Å². The van der Waals surface area contributed by atoms with Crippen molar-refractivity contribution in [2.75, 3.05) is 13.7 Å². The normalized spacial score (nSPS) is 15.1. The Labute approximate surface area is 123 Å². The Morgan fingerprint density at radius 1 is 1.29 bits per heavy atom. The first-order valence-electron chi connectivity index (χ1n) is 6.85. The summed E-state index contributed by atoms with van der Waals surface area (Å²) < 4.78 is 15.1. The fraction of sp³-hybridized carbons (Fsp3) is 0.467. The molecule has 0 aliphatic heterocycles. The molecule has 1 aliphatic rings. The molecule has 0 saturated heterocycles. The first-order valence-corrected chi connectivity index (χ1v) is 6.85.